The van der Waals surface area contributed by atoms with Crippen LogP contribution in [0.1, 0.15) is 0 Å². The van der Waals surface area contributed by atoms with Crippen LogP contribution in [-0.2, 0) is 0 Å². The maximum atomic E-state index is 4.95. The number of rotatable bonds is 4. The third kappa shape index (κ3) is 4.61. The van der Waals surface area contributed by atoms with Gasteiger partial charge in [0.2, 0.25) is 0 Å². The molecule has 50 heavy (non-hydrogen) atoms. The molecule has 0 saturated heterocycles. The predicted molar refractivity (Wildman–Crippen MR) is 207 cm³/mol. The average Bonchev–Trinajstić information content (AvgIpc) is 3.19. The molecule has 4 nitrogen and oxygen atoms in total. The lowest BCUT2D eigenvalue weighted by atomic mass is 9.90. The Hall–Kier alpha value is -6.78. The summed E-state index contributed by atoms with van der Waals surface area (Å²) in [5.41, 5.74) is 10.5. The van der Waals surface area contributed by atoms with Crippen LogP contribution in [0.3, 0.4) is 0 Å². The topological polar surface area (TPSA) is 51.6 Å². The highest BCUT2D eigenvalue weighted by Gasteiger charge is 2.15. The van der Waals surface area contributed by atoms with Crippen LogP contribution in [0.15, 0.2) is 170 Å². The lowest BCUT2D eigenvalue weighted by Gasteiger charge is -2.15. The molecule has 4 aromatic heterocycles. The summed E-state index contributed by atoms with van der Waals surface area (Å²) in [6.45, 7) is 0. The van der Waals surface area contributed by atoms with E-state index in [9.17, 15) is 0 Å². The van der Waals surface area contributed by atoms with Gasteiger partial charge in [0.25, 0.3) is 0 Å². The highest BCUT2D eigenvalue weighted by atomic mass is 14.7. The minimum Gasteiger partial charge on any atom is -0.256 e. The molecule has 0 aliphatic heterocycles. The van der Waals surface area contributed by atoms with E-state index in [2.05, 4.69) is 143 Å². The van der Waals surface area contributed by atoms with Gasteiger partial charge < -0.3 is 0 Å². The highest BCUT2D eigenvalue weighted by molar-refractivity contribution is 6.24. The van der Waals surface area contributed by atoms with E-state index in [0.717, 1.165) is 66.6 Å². The van der Waals surface area contributed by atoms with Gasteiger partial charge in [0, 0.05) is 46.7 Å². The van der Waals surface area contributed by atoms with Gasteiger partial charge in [0.1, 0.15) is 0 Å². The molecule has 0 radical (unpaired) electrons. The zero-order valence-corrected chi connectivity index (χ0v) is 27.0. The minimum atomic E-state index is 0.932. The van der Waals surface area contributed by atoms with E-state index in [0.29, 0.717) is 0 Å². The number of pyridine rings is 4. The molecule has 6 aromatic carbocycles. The number of hydrogen-bond donors (Lipinski definition) is 0. The number of nitrogens with zero attached hydrogens (tertiary/aromatic N) is 4. The van der Waals surface area contributed by atoms with E-state index in [4.69, 9.17) is 9.97 Å². The highest BCUT2D eigenvalue weighted by Crippen LogP contribution is 2.41. The van der Waals surface area contributed by atoms with Crippen molar-refractivity contribution in [3.05, 3.63) is 170 Å². The fourth-order valence-corrected chi connectivity index (χ4v) is 7.50. The van der Waals surface area contributed by atoms with Crippen LogP contribution in [-0.4, -0.2) is 19.9 Å². The standard InChI is InChI=1S/C46H28N4/c1-2-8-36-30(7-1)25-41(45-28-32(20-24-50-45)35-10-4-14-43-38(35)12-6-22-48-43)39-18-17-29-15-16-33(26-40(29)46(36)39)44-27-31(19-23-49-44)34-9-3-13-42-37(34)11-5-21-47-42/h1-28H. The van der Waals surface area contributed by atoms with Crippen molar-refractivity contribution in [2.45, 2.75) is 0 Å². The fourth-order valence-electron chi connectivity index (χ4n) is 7.50. The van der Waals surface area contributed by atoms with Crippen LogP contribution in [0.5, 0.6) is 0 Å². The van der Waals surface area contributed by atoms with Gasteiger partial charge in [-0.3, -0.25) is 19.9 Å². The van der Waals surface area contributed by atoms with Crippen LogP contribution in [0.25, 0.3) is 98.9 Å². The first-order valence-corrected chi connectivity index (χ1v) is 16.8. The number of aromatic nitrogens is 4. The van der Waals surface area contributed by atoms with Gasteiger partial charge in [-0.2, -0.15) is 0 Å². The fraction of sp³-hybridized carbons (Fsp3) is 0. The maximum absolute atomic E-state index is 4.95. The molecular formula is C46H28N4. The van der Waals surface area contributed by atoms with Crippen molar-refractivity contribution in [2.24, 2.45) is 0 Å². The maximum Gasteiger partial charge on any atom is 0.0714 e. The Morgan fingerprint density at radius 3 is 1.68 bits per heavy atom. The molecule has 232 valence electrons. The van der Waals surface area contributed by atoms with Crippen molar-refractivity contribution in [1.29, 1.82) is 0 Å². The molecule has 0 aliphatic rings. The Kier molecular flexibility index (Phi) is 6.46. The van der Waals surface area contributed by atoms with E-state index in [1.807, 2.05) is 36.9 Å². The predicted octanol–water partition coefficient (Wildman–Crippen LogP) is 11.7. The second-order valence-corrected chi connectivity index (χ2v) is 12.7. The second kappa shape index (κ2) is 11.4. The van der Waals surface area contributed by atoms with Crippen molar-refractivity contribution in [3.8, 4) is 44.8 Å². The second-order valence-electron chi connectivity index (χ2n) is 12.7. The summed E-state index contributed by atoms with van der Waals surface area (Å²) >= 11 is 0. The molecule has 4 heterocycles. The molecule has 0 atom stereocenters. The van der Waals surface area contributed by atoms with Gasteiger partial charge in [0.05, 0.1) is 22.4 Å². The first-order chi connectivity index (χ1) is 24.8. The Morgan fingerprint density at radius 2 is 0.940 bits per heavy atom. The zero-order chi connectivity index (χ0) is 33.0. The Morgan fingerprint density at radius 1 is 0.300 bits per heavy atom. The molecule has 10 rings (SSSR count). The molecule has 0 spiro atoms. The SMILES string of the molecule is c1ccc2c(c1)cc(-c1cc(-c3cccc4ncccc34)ccn1)c1ccc3ccc(-c4cc(-c5cccc6ncccc56)ccn4)cc3c12. The van der Waals surface area contributed by atoms with Crippen LogP contribution >= 0.6 is 0 Å². The molecule has 0 amide bonds. The van der Waals surface area contributed by atoms with Gasteiger partial charge in [-0.1, -0.05) is 84.9 Å². The van der Waals surface area contributed by atoms with Crippen LogP contribution in [0, 0.1) is 0 Å². The number of benzene rings is 6. The zero-order valence-electron chi connectivity index (χ0n) is 27.0. The molecule has 0 aliphatic carbocycles. The van der Waals surface area contributed by atoms with Crippen molar-refractivity contribution in [2.75, 3.05) is 0 Å². The van der Waals surface area contributed by atoms with Crippen molar-refractivity contribution >= 4 is 54.1 Å². The van der Waals surface area contributed by atoms with Crippen molar-refractivity contribution in [3.63, 3.8) is 0 Å². The van der Waals surface area contributed by atoms with Crippen LogP contribution in [0.4, 0.5) is 0 Å². The monoisotopic (exact) mass is 636 g/mol. The Balaban J connectivity index is 1.17. The normalized spacial score (nSPS) is 11.6. The molecule has 4 heteroatoms. The van der Waals surface area contributed by atoms with Crippen LogP contribution in [0.2, 0.25) is 0 Å². The lowest BCUT2D eigenvalue weighted by molar-refractivity contribution is 1.33. The minimum absolute atomic E-state index is 0.932. The van der Waals surface area contributed by atoms with Gasteiger partial charge in [-0.05, 0) is 115 Å². The summed E-state index contributed by atoms with van der Waals surface area (Å²) in [5.74, 6) is 0. The van der Waals surface area contributed by atoms with Gasteiger partial charge in [0.15, 0.2) is 0 Å². The first-order valence-electron chi connectivity index (χ1n) is 16.8. The van der Waals surface area contributed by atoms with Crippen molar-refractivity contribution in [1.82, 2.24) is 19.9 Å². The van der Waals surface area contributed by atoms with Gasteiger partial charge >= 0.3 is 0 Å². The van der Waals surface area contributed by atoms with E-state index in [1.54, 1.807) is 0 Å². The summed E-state index contributed by atoms with van der Waals surface area (Å²) in [5, 5.41) is 9.42. The molecule has 0 saturated carbocycles. The summed E-state index contributed by atoms with van der Waals surface area (Å²) in [7, 11) is 0. The molecule has 10 aromatic rings. The van der Waals surface area contributed by atoms with E-state index in [1.165, 1.54) is 32.3 Å². The van der Waals surface area contributed by atoms with E-state index >= 15 is 0 Å². The largest absolute Gasteiger partial charge is 0.256 e. The van der Waals surface area contributed by atoms with Crippen molar-refractivity contribution < 1.29 is 0 Å². The summed E-state index contributed by atoms with van der Waals surface area (Å²) in [6, 6.07) is 51.5. The Labute approximate surface area is 288 Å². The van der Waals surface area contributed by atoms with Gasteiger partial charge in [-0.25, -0.2) is 0 Å². The summed E-state index contributed by atoms with van der Waals surface area (Å²) in [6.07, 6.45) is 7.51. The summed E-state index contributed by atoms with van der Waals surface area (Å²) < 4.78 is 0. The smallest absolute Gasteiger partial charge is 0.0714 e. The van der Waals surface area contributed by atoms with E-state index < -0.39 is 0 Å². The quantitative estimate of drug-likeness (QED) is 0.180. The number of hydrogen-bond acceptors (Lipinski definition) is 4. The first kappa shape index (κ1) is 28.3. The molecular weight excluding hydrogens is 609 g/mol. The van der Waals surface area contributed by atoms with Gasteiger partial charge in [-0.15, -0.1) is 0 Å². The molecule has 0 N–H and O–H groups in total. The molecule has 0 bridgehead atoms. The average molecular weight is 637 g/mol. The Bertz CT molecular complexity index is 2940. The van der Waals surface area contributed by atoms with E-state index in [-0.39, 0.29) is 0 Å². The van der Waals surface area contributed by atoms with Crippen LogP contribution < -0.4 is 0 Å². The lowest BCUT2D eigenvalue weighted by Crippen LogP contribution is -1.91. The third-order valence-electron chi connectivity index (χ3n) is 9.85. The summed E-state index contributed by atoms with van der Waals surface area (Å²) in [4.78, 5) is 19.0. The number of fused-ring (bicyclic) bond motifs is 7. The third-order valence-corrected chi connectivity index (χ3v) is 9.85. The molecule has 0 fully saturated rings. The molecule has 0 unspecified atom stereocenters.